The maximum atomic E-state index is 13.2. The van der Waals surface area contributed by atoms with Crippen molar-refractivity contribution in [2.75, 3.05) is 5.73 Å². The largest absolute Gasteiger partial charge is 0.368 e. The summed E-state index contributed by atoms with van der Waals surface area (Å²) in [6.07, 6.45) is 2.47. The molecule has 5 heteroatoms. The number of rotatable bonds is 3. The number of benzene rings is 2. The summed E-state index contributed by atoms with van der Waals surface area (Å²) >= 11 is 0. The minimum absolute atomic E-state index is 0.0247. The first-order valence-corrected chi connectivity index (χ1v) is 10.2. The Morgan fingerprint density at radius 2 is 1.66 bits per heavy atom. The molecule has 5 rings (SSSR count). The van der Waals surface area contributed by atoms with Crippen LogP contribution in [-0.4, -0.2) is 32.7 Å². The van der Waals surface area contributed by atoms with Crippen molar-refractivity contribution in [1.29, 1.82) is 0 Å². The number of anilines is 1. The normalized spacial score (nSPS) is 20.7. The zero-order chi connectivity index (χ0) is 20.1. The second-order valence-corrected chi connectivity index (χ2v) is 8.18. The van der Waals surface area contributed by atoms with Crippen LogP contribution in [0.15, 0.2) is 48.5 Å². The fraction of sp³-hybridized carbons (Fsp3) is 0.292. The molecule has 2 atom stereocenters. The van der Waals surface area contributed by atoms with E-state index in [1.807, 2.05) is 36.4 Å². The quantitative estimate of drug-likeness (QED) is 0.570. The maximum absolute atomic E-state index is 13.2. The van der Waals surface area contributed by atoms with Gasteiger partial charge in [-0.2, -0.15) is 0 Å². The molecule has 2 N–H and O–H groups in total. The summed E-state index contributed by atoms with van der Waals surface area (Å²) in [6.45, 7) is 5.46. The SMILES string of the molecule is CC1CCC(C)N1Cc1ccc2c(c1)-c1nc(N)nc(-c3ccccc3)c1C2=O. The summed E-state index contributed by atoms with van der Waals surface area (Å²) < 4.78 is 0. The van der Waals surface area contributed by atoms with E-state index < -0.39 is 0 Å². The van der Waals surface area contributed by atoms with Crippen molar-refractivity contribution in [3.8, 4) is 22.5 Å². The Morgan fingerprint density at radius 3 is 2.38 bits per heavy atom. The van der Waals surface area contributed by atoms with Gasteiger partial charge in [-0.1, -0.05) is 42.5 Å². The van der Waals surface area contributed by atoms with Crippen molar-refractivity contribution in [3.63, 3.8) is 0 Å². The van der Waals surface area contributed by atoms with Gasteiger partial charge in [0.25, 0.3) is 0 Å². The average molecular weight is 384 g/mol. The standard InChI is InChI=1S/C24H24N4O/c1-14-8-9-15(2)28(14)13-16-10-11-18-19(12-16)22-20(23(18)29)21(26-24(25)27-22)17-6-4-3-5-7-17/h3-7,10-12,14-15H,8-9,13H2,1-2H3,(H2,25,26,27). The van der Waals surface area contributed by atoms with Gasteiger partial charge in [-0.25, -0.2) is 9.97 Å². The predicted octanol–water partition coefficient (Wildman–Crippen LogP) is 4.31. The average Bonchev–Trinajstić information content (AvgIpc) is 3.19. The first-order chi connectivity index (χ1) is 14.0. The predicted molar refractivity (Wildman–Crippen MR) is 114 cm³/mol. The first kappa shape index (κ1) is 18.0. The molecule has 146 valence electrons. The molecule has 1 fully saturated rings. The number of carbonyl (C=O) groups is 1. The Hall–Kier alpha value is -3.05. The molecule has 0 amide bonds. The first-order valence-electron chi connectivity index (χ1n) is 10.2. The van der Waals surface area contributed by atoms with Gasteiger partial charge in [0.05, 0.1) is 17.0 Å². The molecule has 1 aliphatic carbocycles. The Morgan fingerprint density at radius 1 is 0.966 bits per heavy atom. The lowest BCUT2D eigenvalue weighted by Crippen LogP contribution is -2.32. The minimum atomic E-state index is -0.0247. The highest BCUT2D eigenvalue weighted by atomic mass is 16.1. The van der Waals surface area contributed by atoms with Crippen LogP contribution in [0, 0.1) is 0 Å². The van der Waals surface area contributed by atoms with Gasteiger partial charge >= 0.3 is 0 Å². The van der Waals surface area contributed by atoms with Crippen molar-refractivity contribution >= 4 is 11.7 Å². The minimum Gasteiger partial charge on any atom is -0.368 e. The fourth-order valence-electron chi connectivity index (χ4n) is 4.68. The lowest BCUT2D eigenvalue weighted by Gasteiger charge is -2.26. The number of hydrogen-bond donors (Lipinski definition) is 1. The molecule has 2 aliphatic rings. The van der Waals surface area contributed by atoms with Crippen molar-refractivity contribution in [1.82, 2.24) is 14.9 Å². The third-order valence-electron chi connectivity index (χ3n) is 6.28. The lowest BCUT2D eigenvalue weighted by atomic mass is 10.0. The number of likely N-dealkylation sites (tertiary alicyclic amines) is 1. The smallest absolute Gasteiger partial charge is 0.221 e. The van der Waals surface area contributed by atoms with E-state index >= 15 is 0 Å². The molecule has 0 spiro atoms. The van der Waals surface area contributed by atoms with Gasteiger partial charge in [0.1, 0.15) is 0 Å². The molecule has 0 saturated carbocycles. The van der Waals surface area contributed by atoms with E-state index in [-0.39, 0.29) is 11.7 Å². The van der Waals surface area contributed by atoms with E-state index in [1.54, 1.807) is 0 Å². The summed E-state index contributed by atoms with van der Waals surface area (Å²) in [5.41, 5.74) is 11.5. The molecule has 2 heterocycles. The van der Waals surface area contributed by atoms with Crippen LogP contribution in [-0.2, 0) is 6.54 Å². The Kier molecular flexibility index (Phi) is 4.21. The summed E-state index contributed by atoms with van der Waals surface area (Å²) in [6, 6.07) is 17.0. The van der Waals surface area contributed by atoms with Crippen LogP contribution in [0.2, 0.25) is 0 Å². The highest BCUT2D eigenvalue weighted by Crippen LogP contribution is 2.41. The van der Waals surface area contributed by atoms with Crippen LogP contribution < -0.4 is 5.73 Å². The molecule has 0 radical (unpaired) electrons. The van der Waals surface area contributed by atoms with Crippen LogP contribution in [0.4, 0.5) is 5.95 Å². The van der Waals surface area contributed by atoms with Gasteiger partial charge in [-0.3, -0.25) is 9.69 Å². The number of ketones is 1. The Balaban J connectivity index is 1.60. The number of hydrogen-bond acceptors (Lipinski definition) is 5. The van der Waals surface area contributed by atoms with Crippen LogP contribution >= 0.6 is 0 Å². The number of carbonyl (C=O) groups excluding carboxylic acids is 1. The van der Waals surface area contributed by atoms with E-state index in [2.05, 4.69) is 40.8 Å². The molecule has 3 aromatic rings. The van der Waals surface area contributed by atoms with Crippen LogP contribution in [0.25, 0.3) is 22.5 Å². The molecule has 1 aromatic heterocycles. The van der Waals surface area contributed by atoms with Crippen LogP contribution in [0.1, 0.15) is 48.2 Å². The molecule has 29 heavy (non-hydrogen) atoms. The molecule has 0 bridgehead atoms. The van der Waals surface area contributed by atoms with Crippen molar-refractivity contribution < 1.29 is 4.79 Å². The topological polar surface area (TPSA) is 72.1 Å². The van der Waals surface area contributed by atoms with Gasteiger partial charge in [0.2, 0.25) is 5.95 Å². The number of nitrogens with zero attached hydrogens (tertiary/aromatic N) is 3. The number of aromatic nitrogens is 2. The summed E-state index contributed by atoms with van der Waals surface area (Å²) in [4.78, 5) is 24.6. The van der Waals surface area contributed by atoms with Gasteiger partial charge in [-0.05, 0) is 38.3 Å². The number of nitrogen functional groups attached to an aromatic ring is 1. The molecule has 1 aliphatic heterocycles. The fourth-order valence-corrected chi connectivity index (χ4v) is 4.68. The van der Waals surface area contributed by atoms with E-state index in [9.17, 15) is 4.79 Å². The Labute approximate surface area is 170 Å². The van der Waals surface area contributed by atoms with Crippen molar-refractivity contribution in [2.24, 2.45) is 0 Å². The lowest BCUT2D eigenvalue weighted by molar-refractivity contribution is 0.104. The molecule has 2 unspecified atom stereocenters. The molecule has 5 nitrogen and oxygen atoms in total. The van der Waals surface area contributed by atoms with E-state index in [0.29, 0.717) is 34.6 Å². The van der Waals surface area contributed by atoms with Gasteiger partial charge in [0, 0.05) is 35.3 Å². The second-order valence-electron chi connectivity index (χ2n) is 8.18. The zero-order valence-electron chi connectivity index (χ0n) is 16.7. The summed E-state index contributed by atoms with van der Waals surface area (Å²) in [5, 5.41) is 0. The Bertz CT molecular complexity index is 1100. The number of nitrogens with two attached hydrogens (primary N) is 1. The molecule has 2 aromatic carbocycles. The summed E-state index contributed by atoms with van der Waals surface area (Å²) in [7, 11) is 0. The van der Waals surface area contributed by atoms with Gasteiger partial charge in [0.15, 0.2) is 5.78 Å². The number of fused-ring (bicyclic) bond motifs is 3. The van der Waals surface area contributed by atoms with Gasteiger partial charge < -0.3 is 5.73 Å². The molecular weight excluding hydrogens is 360 g/mol. The zero-order valence-corrected chi connectivity index (χ0v) is 16.7. The summed E-state index contributed by atoms with van der Waals surface area (Å²) in [5.74, 6) is 0.166. The van der Waals surface area contributed by atoms with Crippen molar-refractivity contribution in [3.05, 3.63) is 65.2 Å². The van der Waals surface area contributed by atoms with Crippen LogP contribution in [0.5, 0.6) is 0 Å². The highest BCUT2D eigenvalue weighted by Gasteiger charge is 2.33. The molecular formula is C24H24N4O. The monoisotopic (exact) mass is 384 g/mol. The highest BCUT2D eigenvalue weighted by molar-refractivity contribution is 6.23. The maximum Gasteiger partial charge on any atom is 0.221 e. The van der Waals surface area contributed by atoms with E-state index in [0.717, 1.165) is 17.7 Å². The third kappa shape index (κ3) is 2.93. The second kappa shape index (κ2) is 6.78. The van der Waals surface area contributed by atoms with Crippen molar-refractivity contribution in [2.45, 2.75) is 45.3 Å². The third-order valence-corrected chi connectivity index (χ3v) is 6.28. The van der Waals surface area contributed by atoms with E-state index in [4.69, 9.17) is 5.73 Å². The van der Waals surface area contributed by atoms with Gasteiger partial charge in [-0.15, -0.1) is 0 Å². The van der Waals surface area contributed by atoms with E-state index in [1.165, 1.54) is 18.4 Å². The van der Waals surface area contributed by atoms with Crippen LogP contribution in [0.3, 0.4) is 0 Å². The molecule has 1 saturated heterocycles.